The van der Waals surface area contributed by atoms with Crippen LogP contribution in [0.4, 0.5) is 10.5 Å². The Morgan fingerprint density at radius 2 is 1.88 bits per heavy atom. The maximum atomic E-state index is 12.0. The lowest BCUT2D eigenvalue weighted by Gasteiger charge is -2.15. The number of halogens is 3. The van der Waals surface area contributed by atoms with Crippen LogP contribution in [0, 0.1) is 0 Å². The van der Waals surface area contributed by atoms with Crippen molar-refractivity contribution in [1.82, 2.24) is 5.43 Å². The van der Waals surface area contributed by atoms with Gasteiger partial charge in [0.05, 0.1) is 17.3 Å². The number of nitrogens with one attached hydrogen (secondary N) is 2. The molecule has 6 nitrogen and oxygen atoms in total. The van der Waals surface area contributed by atoms with Crippen molar-refractivity contribution in [2.24, 2.45) is 5.10 Å². The molecule has 9 heteroatoms. The molecule has 0 aromatic heterocycles. The lowest BCUT2D eigenvalue weighted by molar-refractivity contribution is 0.252. The van der Waals surface area contributed by atoms with Crippen LogP contribution in [0.3, 0.4) is 0 Å². The molecule has 0 bridgehead atoms. The van der Waals surface area contributed by atoms with Gasteiger partial charge in [-0.15, -0.1) is 0 Å². The Hall–Kier alpha value is -2.74. The van der Waals surface area contributed by atoms with E-state index in [2.05, 4.69) is 31.8 Å². The number of para-hydroxylation sites is 1. The maximum absolute atomic E-state index is 12.0. The standard InChI is InChI=1S/C23H20BrCl2N3O3/c1-2-31-21-11-15(13-27-29-23(30)28-18-6-4-3-5-7-18)10-19(24)22(21)32-14-16-8-9-17(25)12-20(16)26/h3-13H,2,14H2,1H3,(H2,28,29,30)/b27-13-. The fourth-order valence-corrected chi connectivity index (χ4v) is 3.74. The van der Waals surface area contributed by atoms with E-state index in [1.165, 1.54) is 6.21 Å². The van der Waals surface area contributed by atoms with Crippen molar-refractivity contribution < 1.29 is 14.3 Å². The molecule has 0 aliphatic rings. The van der Waals surface area contributed by atoms with Crippen molar-refractivity contribution >= 4 is 57.1 Å². The van der Waals surface area contributed by atoms with Gasteiger partial charge in [0.15, 0.2) is 11.5 Å². The van der Waals surface area contributed by atoms with Crippen LogP contribution in [0.15, 0.2) is 70.2 Å². The minimum absolute atomic E-state index is 0.239. The van der Waals surface area contributed by atoms with Crippen molar-refractivity contribution in [3.8, 4) is 11.5 Å². The average Bonchev–Trinajstić information content (AvgIpc) is 2.75. The average molecular weight is 537 g/mol. The zero-order valence-corrected chi connectivity index (χ0v) is 20.2. The van der Waals surface area contributed by atoms with E-state index < -0.39 is 6.03 Å². The van der Waals surface area contributed by atoms with Crippen molar-refractivity contribution in [3.05, 3.63) is 86.3 Å². The molecule has 0 radical (unpaired) electrons. The topological polar surface area (TPSA) is 72.0 Å². The number of hydrogen-bond acceptors (Lipinski definition) is 4. The molecule has 0 unspecified atom stereocenters. The van der Waals surface area contributed by atoms with E-state index in [1.807, 2.05) is 37.3 Å². The Bertz CT molecular complexity index is 1110. The highest BCUT2D eigenvalue weighted by Gasteiger charge is 2.13. The molecule has 32 heavy (non-hydrogen) atoms. The number of carbonyl (C=O) groups excluding carboxylic acids is 1. The first kappa shape index (κ1) is 23.9. The molecule has 0 aliphatic carbocycles. The molecule has 2 N–H and O–H groups in total. The van der Waals surface area contributed by atoms with Crippen LogP contribution in [-0.2, 0) is 6.61 Å². The van der Waals surface area contributed by atoms with Gasteiger partial charge in [0.25, 0.3) is 0 Å². The van der Waals surface area contributed by atoms with E-state index in [1.54, 1.807) is 30.3 Å². The Kier molecular flexibility index (Phi) is 8.79. The summed E-state index contributed by atoms with van der Waals surface area (Å²) < 4.78 is 12.4. The molecule has 0 atom stereocenters. The lowest BCUT2D eigenvalue weighted by Crippen LogP contribution is -2.24. The van der Waals surface area contributed by atoms with Gasteiger partial charge in [-0.3, -0.25) is 0 Å². The maximum Gasteiger partial charge on any atom is 0.339 e. The highest BCUT2D eigenvalue weighted by Crippen LogP contribution is 2.37. The zero-order chi connectivity index (χ0) is 22.9. The second-order valence-corrected chi connectivity index (χ2v) is 8.18. The van der Waals surface area contributed by atoms with Gasteiger partial charge in [0.1, 0.15) is 6.61 Å². The van der Waals surface area contributed by atoms with Gasteiger partial charge in [-0.2, -0.15) is 5.10 Å². The summed E-state index contributed by atoms with van der Waals surface area (Å²) >= 11 is 15.7. The predicted molar refractivity (Wildman–Crippen MR) is 132 cm³/mol. The molecule has 0 fully saturated rings. The summed E-state index contributed by atoms with van der Waals surface area (Å²) in [5.41, 5.74) is 4.60. The summed E-state index contributed by atoms with van der Waals surface area (Å²) in [7, 11) is 0. The van der Waals surface area contributed by atoms with Crippen LogP contribution in [0.5, 0.6) is 11.5 Å². The van der Waals surface area contributed by atoms with Crippen LogP contribution >= 0.6 is 39.1 Å². The molecular formula is C23H20BrCl2N3O3. The number of benzene rings is 3. The highest BCUT2D eigenvalue weighted by atomic mass is 79.9. The second kappa shape index (κ2) is 11.8. The van der Waals surface area contributed by atoms with Gasteiger partial charge in [0, 0.05) is 21.3 Å². The molecule has 3 aromatic carbocycles. The number of ether oxygens (including phenoxy) is 2. The summed E-state index contributed by atoms with van der Waals surface area (Å²) in [5, 5.41) is 7.76. The molecule has 0 saturated heterocycles. The number of carbonyl (C=O) groups is 1. The van der Waals surface area contributed by atoms with E-state index in [0.29, 0.717) is 43.9 Å². The second-order valence-electron chi connectivity index (χ2n) is 6.48. The number of anilines is 1. The minimum atomic E-state index is -0.448. The molecular weight excluding hydrogens is 517 g/mol. The van der Waals surface area contributed by atoms with E-state index >= 15 is 0 Å². The molecule has 0 heterocycles. The molecule has 166 valence electrons. The quantitative estimate of drug-likeness (QED) is 0.243. The monoisotopic (exact) mass is 535 g/mol. The summed E-state index contributed by atoms with van der Waals surface area (Å²) in [6.45, 7) is 2.57. The molecule has 0 saturated carbocycles. The fourth-order valence-electron chi connectivity index (χ4n) is 2.70. The minimum Gasteiger partial charge on any atom is -0.490 e. The van der Waals surface area contributed by atoms with Crippen molar-refractivity contribution in [1.29, 1.82) is 0 Å². The van der Waals surface area contributed by atoms with Gasteiger partial charge in [-0.25, -0.2) is 10.2 Å². The first-order chi connectivity index (χ1) is 15.5. The van der Waals surface area contributed by atoms with Crippen LogP contribution < -0.4 is 20.2 Å². The third-order valence-electron chi connectivity index (χ3n) is 4.13. The molecule has 3 aromatic rings. The number of rotatable bonds is 8. The third kappa shape index (κ3) is 6.88. The fraction of sp³-hybridized carbons (Fsp3) is 0.130. The van der Waals surface area contributed by atoms with Gasteiger partial charge in [0.2, 0.25) is 0 Å². The Balaban J connectivity index is 1.68. The first-order valence-corrected chi connectivity index (χ1v) is 11.2. The van der Waals surface area contributed by atoms with Crippen LogP contribution in [0.1, 0.15) is 18.1 Å². The number of hydrogen-bond donors (Lipinski definition) is 2. The summed E-state index contributed by atoms with van der Waals surface area (Å²) in [6.07, 6.45) is 1.51. The van der Waals surface area contributed by atoms with Gasteiger partial charge in [-0.05, 0) is 64.8 Å². The number of urea groups is 1. The van der Waals surface area contributed by atoms with Crippen LogP contribution in [0.2, 0.25) is 10.0 Å². The Labute approximate surface area is 204 Å². The molecule has 0 spiro atoms. The largest absolute Gasteiger partial charge is 0.490 e. The SMILES string of the molecule is CCOc1cc(/C=N\NC(=O)Nc2ccccc2)cc(Br)c1OCc1ccc(Cl)cc1Cl. The van der Waals surface area contributed by atoms with E-state index in [-0.39, 0.29) is 6.61 Å². The Morgan fingerprint density at radius 3 is 2.59 bits per heavy atom. The number of amides is 2. The molecule has 0 aliphatic heterocycles. The normalized spacial score (nSPS) is 10.8. The summed E-state index contributed by atoms with van der Waals surface area (Å²) in [5.74, 6) is 1.06. The first-order valence-electron chi connectivity index (χ1n) is 9.64. The lowest BCUT2D eigenvalue weighted by atomic mass is 10.2. The van der Waals surface area contributed by atoms with Crippen LogP contribution in [-0.4, -0.2) is 18.9 Å². The molecule has 3 rings (SSSR count). The zero-order valence-electron chi connectivity index (χ0n) is 17.1. The molecule has 2 amide bonds. The van der Waals surface area contributed by atoms with Gasteiger partial charge >= 0.3 is 6.03 Å². The van der Waals surface area contributed by atoms with E-state index in [4.69, 9.17) is 32.7 Å². The predicted octanol–water partition coefficient (Wildman–Crippen LogP) is 6.89. The highest BCUT2D eigenvalue weighted by molar-refractivity contribution is 9.10. The smallest absolute Gasteiger partial charge is 0.339 e. The van der Waals surface area contributed by atoms with Gasteiger partial charge < -0.3 is 14.8 Å². The van der Waals surface area contributed by atoms with Crippen molar-refractivity contribution in [2.45, 2.75) is 13.5 Å². The third-order valence-corrected chi connectivity index (χ3v) is 5.31. The number of hydrazone groups is 1. The van der Waals surface area contributed by atoms with Crippen molar-refractivity contribution in [3.63, 3.8) is 0 Å². The summed E-state index contributed by atoms with van der Waals surface area (Å²) in [6, 6.07) is 17.5. The van der Waals surface area contributed by atoms with Crippen LogP contribution in [0.25, 0.3) is 0 Å². The van der Waals surface area contributed by atoms with Crippen molar-refractivity contribution in [2.75, 3.05) is 11.9 Å². The van der Waals surface area contributed by atoms with Gasteiger partial charge in [-0.1, -0.05) is 47.5 Å². The van der Waals surface area contributed by atoms with E-state index in [9.17, 15) is 4.79 Å². The summed E-state index contributed by atoms with van der Waals surface area (Å²) in [4.78, 5) is 12.0. The van der Waals surface area contributed by atoms with E-state index in [0.717, 1.165) is 5.56 Å². The Morgan fingerprint density at radius 1 is 1.09 bits per heavy atom. The number of nitrogens with zero attached hydrogens (tertiary/aromatic N) is 1.